The number of aliphatic imine (C=N–C) groups is 1. The highest BCUT2D eigenvalue weighted by Crippen LogP contribution is 2.49. The van der Waals surface area contributed by atoms with Gasteiger partial charge in [0.15, 0.2) is 0 Å². The summed E-state index contributed by atoms with van der Waals surface area (Å²) in [4.78, 5) is 4.34. The van der Waals surface area contributed by atoms with Gasteiger partial charge >= 0.3 is 0 Å². The summed E-state index contributed by atoms with van der Waals surface area (Å²) in [5, 5.41) is 12.9. The Morgan fingerprint density at radius 3 is 2.65 bits per heavy atom. The second-order valence-corrected chi connectivity index (χ2v) is 8.97. The van der Waals surface area contributed by atoms with Crippen LogP contribution in [-0.2, 0) is 6.42 Å². The minimum absolute atomic E-state index is 0.331. The van der Waals surface area contributed by atoms with Crippen LogP contribution >= 0.6 is 23.4 Å². The maximum atomic E-state index is 11.7. The van der Waals surface area contributed by atoms with Gasteiger partial charge in [-0.25, -0.2) is 0 Å². The van der Waals surface area contributed by atoms with Crippen LogP contribution in [0, 0.1) is 17.8 Å². The minimum atomic E-state index is -0.570. The molecule has 0 aromatic heterocycles. The summed E-state index contributed by atoms with van der Waals surface area (Å²) >= 11 is 7.78. The van der Waals surface area contributed by atoms with E-state index >= 15 is 0 Å². The molecule has 0 amide bonds. The summed E-state index contributed by atoms with van der Waals surface area (Å²) in [6.45, 7) is 5.35. The fraction of sp³-hybridized carbons (Fsp3) is 0.632. The molecular weight excluding hydrogens is 326 g/mol. The van der Waals surface area contributed by atoms with Crippen molar-refractivity contribution >= 4 is 28.9 Å². The smallest absolute Gasteiger partial charge is 0.0720 e. The molecule has 4 heteroatoms. The highest BCUT2D eigenvalue weighted by molar-refractivity contribution is 8.12. The van der Waals surface area contributed by atoms with Crippen LogP contribution in [0.2, 0.25) is 5.02 Å². The van der Waals surface area contributed by atoms with E-state index in [0.717, 1.165) is 37.3 Å². The van der Waals surface area contributed by atoms with Crippen molar-refractivity contribution < 1.29 is 5.11 Å². The first-order valence-corrected chi connectivity index (χ1v) is 9.91. The number of thioether (sulfide) groups is 1. The van der Waals surface area contributed by atoms with E-state index in [0.29, 0.717) is 23.0 Å². The van der Waals surface area contributed by atoms with Gasteiger partial charge in [-0.15, -0.1) is 11.8 Å². The number of hydrogen-bond acceptors (Lipinski definition) is 3. The van der Waals surface area contributed by atoms with Crippen LogP contribution in [0.4, 0.5) is 0 Å². The zero-order valence-electron chi connectivity index (χ0n) is 13.9. The van der Waals surface area contributed by atoms with E-state index in [-0.39, 0.29) is 0 Å². The summed E-state index contributed by atoms with van der Waals surface area (Å²) in [5.74, 6) is 1.24. The fourth-order valence-electron chi connectivity index (χ4n) is 4.41. The maximum absolute atomic E-state index is 11.7. The first-order chi connectivity index (χ1) is 11.0. The van der Waals surface area contributed by atoms with Crippen molar-refractivity contribution in [3.63, 3.8) is 0 Å². The largest absolute Gasteiger partial charge is 0.389 e. The van der Waals surface area contributed by atoms with Crippen LogP contribution in [0.5, 0.6) is 0 Å². The Hall–Kier alpha value is -0.510. The third-order valence-corrected chi connectivity index (χ3v) is 6.79. The summed E-state index contributed by atoms with van der Waals surface area (Å²) < 4.78 is 0. The van der Waals surface area contributed by atoms with Crippen LogP contribution in [0.15, 0.2) is 29.3 Å². The van der Waals surface area contributed by atoms with Crippen molar-refractivity contribution in [1.29, 1.82) is 0 Å². The standard InChI is InChI=1S/C19H26ClNOS/c1-13(2)18-8-5-15(9-14-3-6-16(20)7-4-14)19(18,22)10-17-11-21-12-23-17/h3-4,6-7,12-13,15,17-18,22H,5,8-11H2,1-2H3. The van der Waals surface area contributed by atoms with Crippen LogP contribution in [0.3, 0.4) is 0 Å². The van der Waals surface area contributed by atoms with E-state index in [1.807, 2.05) is 17.7 Å². The Kier molecular flexibility index (Phi) is 5.39. The number of rotatable bonds is 5. The van der Waals surface area contributed by atoms with Gasteiger partial charge in [-0.2, -0.15) is 0 Å². The van der Waals surface area contributed by atoms with Gasteiger partial charge < -0.3 is 5.11 Å². The molecule has 0 saturated heterocycles. The Bertz CT molecular complexity index is 551. The topological polar surface area (TPSA) is 32.6 Å². The number of nitrogens with zero attached hydrogens (tertiary/aromatic N) is 1. The molecule has 126 valence electrons. The molecule has 4 unspecified atom stereocenters. The van der Waals surface area contributed by atoms with Crippen molar-refractivity contribution in [2.45, 2.75) is 50.4 Å². The molecule has 2 nitrogen and oxygen atoms in total. The van der Waals surface area contributed by atoms with Crippen molar-refractivity contribution in [3.8, 4) is 0 Å². The highest BCUT2D eigenvalue weighted by Gasteiger charge is 2.50. The third-order valence-electron chi connectivity index (χ3n) is 5.57. The van der Waals surface area contributed by atoms with Gasteiger partial charge in [-0.3, -0.25) is 4.99 Å². The molecule has 2 aliphatic rings. The predicted octanol–water partition coefficient (Wildman–Crippen LogP) is 4.83. The molecule has 1 aliphatic heterocycles. The quantitative estimate of drug-likeness (QED) is 0.824. The van der Waals surface area contributed by atoms with Gasteiger partial charge in [0.1, 0.15) is 0 Å². The molecule has 0 radical (unpaired) electrons. The second kappa shape index (κ2) is 7.16. The maximum Gasteiger partial charge on any atom is 0.0720 e. The van der Waals surface area contributed by atoms with E-state index < -0.39 is 5.60 Å². The normalized spacial score (nSPS) is 33.7. The fourth-order valence-corrected chi connectivity index (χ4v) is 5.41. The molecule has 4 atom stereocenters. The molecular formula is C19H26ClNOS. The van der Waals surface area contributed by atoms with Crippen LogP contribution in [-0.4, -0.2) is 28.0 Å². The van der Waals surface area contributed by atoms with Crippen molar-refractivity contribution in [3.05, 3.63) is 34.9 Å². The number of hydrogen-bond donors (Lipinski definition) is 1. The van der Waals surface area contributed by atoms with Gasteiger partial charge in [-0.1, -0.05) is 37.6 Å². The lowest BCUT2D eigenvalue weighted by molar-refractivity contribution is -0.0570. The Balaban J connectivity index is 1.77. The van der Waals surface area contributed by atoms with E-state index in [1.54, 1.807) is 11.8 Å². The second-order valence-electron chi connectivity index (χ2n) is 7.38. The molecule has 23 heavy (non-hydrogen) atoms. The summed E-state index contributed by atoms with van der Waals surface area (Å²) in [6, 6.07) is 8.09. The zero-order chi connectivity index (χ0) is 16.4. The number of benzene rings is 1. The molecule has 1 saturated carbocycles. The van der Waals surface area contributed by atoms with Crippen molar-refractivity contribution in [2.24, 2.45) is 22.7 Å². The molecule has 1 N–H and O–H groups in total. The lowest BCUT2D eigenvalue weighted by Crippen LogP contribution is -2.45. The lowest BCUT2D eigenvalue weighted by Gasteiger charge is -2.39. The molecule has 3 rings (SSSR count). The zero-order valence-corrected chi connectivity index (χ0v) is 15.5. The first kappa shape index (κ1) is 17.3. The third kappa shape index (κ3) is 3.78. The minimum Gasteiger partial charge on any atom is -0.389 e. The van der Waals surface area contributed by atoms with Gasteiger partial charge in [0, 0.05) is 10.3 Å². The first-order valence-electron chi connectivity index (χ1n) is 8.59. The van der Waals surface area contributed by atoms with Gasteiger partial charge in [0.25, 0.3) is 0 Å². The average molecular weight is 352 g/mol. The predicted molar refractivity (Wildman–Crippen MR) is 101 cm³/mol. The molecule has 1 fully saturated rings. The van der Waals surface area contributed by atoms with Gasteiger partial charge in [0.05, 0.1) is 17.7 Å². The van der Waals surface area contributed by atoms with E-state index in [2.05, 4.69) is 31.0 Å². The van der Waals surface area contributed by atoms with E-state index in [4.69, 9.17) is 11.6 Å². The lowest BCUT2D eigenvalue weighted by atomic mass is 9.73. The number of aliphatic hydroxyl groups is 1. The highest BCUT2D eigenvalue weighted by atomic mass is 35.5. The molecule has 1 aromatic rings. The molecule has 0 bridgehead atoms. The molecule has 1 aliphatic carbocycles. The van der Waals surface area contributed by atoms with Crippen LogP contribution in [0.1, 0.15) is 38.7 Å². The van der Waals surface area contributed by atoms with Crippen LogP contribution in [0.25, 0.3) is 0 Å². The Morgan fingerprint density at radius 1 is 1.30 bits per heavy atom. The monoisotopic (exact) mass is 351 g/mol. The van der Waals surface area contributed by atoms with Gasteiger partial charge in [0.2, 0.25) is 0 Å². The number of halogens is 1. The summed E-state index contributed by atoms with van der Waals surface area (Å²) in [6.07, 6.45) is 4.04. The van der Waals surface area contributed by atoms with Crippen LogP contribution < -0.4 is 0 Å². The van der Waals surface area contributed by atoms with Crippen molar-refractivity contribution in [1.82, 2.24) is 0 Å². The average Bonchev–Trinajstić information content (AvgIpc) is 3.10. The van der Waals surface area contributed by atoms with E-state index in [9.17, 15) is 5.11 Å². The SMILES string of the molecule is CC(C)C1CCC(Cc2ccc(Cl)cc2)C1(O)CC1CN=CS1. The van der Waals surface area contributed by atoms with E-state index in [1.165, 1.54) is 5.56 Å². The summed E-state index contributed by atoms with van der Waals surface area (Å²) in [7, 11) is 0. The Labute approximate surface area is 148 Å². The Morgan fingerprint density at radius 2 is 2.04 bits per heavy atom. The van der Waals surface area contributed by atoms with Gasteiger partial charge in [-0.05, 0) is 61.1 Å². The molecule has 1 aromatic carbocycles. The summed E-state index contributed by atoms with van der Waals surface area (Å²) in [5.41, 5.74) is 2.65. The molecule has 1 heterocycles. The van der Waals surface area contributed by atoms with Crippen molar-refractivity contribution in [2.75, 3.05) is 6.54 Å². The molecule has 0 spiro atoms.